The van der Waals surface area contributed by atoms with Crippen LogP contribution in [-0.4, -0.2) is 64.3 Å². The Labute approximate surface area is 158 Å². The van der Waals surface area contributed by atoms with Gasteiger partial charge in [0.1, 0.15) is 0 Å². The zero-order valence-electron chi connectivity index (χ0n) is 15.6. The third kappa shape index (κ3) is 4.00. The second-order valence-electron chi connectivity index (χ2n) is 7.17. The van der Waals surface area contributed by atoms with Gasteiger partial charge in [0.15, 0.2) is 0 Å². The first-order valence-corrected chi connectivity index (χ1v) is 9.15. The molecule has 8 heteroatoms. The number of hydrogen-bond acceptors (Lipinski definition) is 5. The highest BCUT2D eigenvalue weighted by molar-refractivity contribution is 6.44. The van der Waals surface area contributed by atoms with Crippen molar-refractivity contribution in [3.8, 4) is 0 Å². The van der Waals surface area contributed by atoms with Crippen LogP contribution in [0, 0.1) is 5.92 Å². The van der Waals surface area contributed by atoms with Crippen molar-refractivity contribution in [3.63, 3.8) is 0 Å². The summed E-state index contributed by atoms with van der Waals surface area (Å²) in [5.41, 5.74) is 0.769. The normalized spacial score (nSPS) is 19.3. The molecule has 8 nitrogen and oxygen atoms in total. The Morgan fingerprint density at radius 3 is 2.26 bits per heavy atom. The lowest BCUT2D eigenvalue weighted by Crippen LogP contribution is -2.47. The fourth-order valence-corrected chi connectivity index (χ4v) is 3.40. The van der Waals surface area contributed by atoms with E-state index in [0.29, 0.717) is 25.9 Å². The van der Waals surface area contributed by atoms with Crippen LogP contribution in [0.3, 0.4) is 0 Å². The number of carbonyl (C=O) groups excluding carboxylic acids is 4. The number of rotatable bonds is 5. The van der Waals surface area contributed by atoms with Crippen molar-refractivity contribution in [2.75, 3.05) is 25.1 Å². The lowest BCUT2D eigenvalue weighted by molar-refractivity contribution is -0.144. The predicted octanol–water partition coefficient (Wildman–Crippen LogP) is 1.49. The van der Waals surface area contributed by atoms with E-state index in [2.05, 4.69) is 5.32 Å². The Hall–Kier alpha value is -2.74. The largest absolute Gasteiger partial charge is 0.335 e. The maximum absolute atomic E-state index is 12.4. The van der Waals surface area contributed by atoms with Crippen LogP contribution in [-0.2, 0) is 14.4 Å². The summed E-state index contributed by atoms with van der Waals surface area (Å²) in [6.45, 7) is 4.64. The molecule has 0 bridgehead atoms. The third-order valence-electron chi connectivity index (χ3n) is 4.94. The number of amides is 5. The van der Waals surface area contributed by atoms with Crippen LogP contribution in [0.2, 0.25) is 0 Å². The first-order valence-electron chi connectivity index (χ1n) is 9.15. The van der Waals surface area contributed by atoms with E-state index in [4.69, 9.17) is 0 Å². The van der Waals surface area contributed by atoms with E-state index in [1.165, 1.54) is 0 Å². The van der Waals surface area contributed by atoms with Gasteiger partial charge in [-0.1, -0.05) is 18.2 Å². The van der Waals surface area contributed by atoms with E-state index in [1.54, 1.807) is 13.8 Å². The van der Waals surface area contributed by atoms with Crippen LogP contribution in [0.15, 0.2) is 30.3 Å². The monoisotopic (exact) mass is 372 g/mol. The van der Waals surface area contributed by atoms with E-state index in [0.717, 1.165) is 15.5 Å². The highest BCUT2D eigenvalue weighted by atomic mass is 16.2. The zero-order chi connectivity index (χ0) is 19.6. The van der Waals surface area contributed by atoms with E-state index >= 15 is 0 Å². The van der Waals surface area contributed by atoms with Gasteiger partial charge in [0.2, 0.25) is 5.91 Å². The SMILES string of the molecule is CC(C)N1C(=O)C(=O)N(CN2CCC(C(=O)Nc3ccccc3)CC2)C1=O. The van der Waals surface area contributed by atoms with Gasteiger partial charge in [-0.25, -0.2) is 9.69 Å². The molecule has 27 heavy (non-hydrogen) atoms. The number of piperidine rings is 1. The highest BCUT2D eigenvalue weighted by Crippen LogP contribution is 2.22. The molecule has 2 aliphatic heterocycles. The average Bonchev–Trinajstić information content (AvgIpc) is 2.86. The topological polar surface area (TPSA) is 90.0 Å². The molecule has 5 amide bonds. The van der Waals surface area contributed by atoms with Gasteiger partial charge in [-0.05, 0) is 38.8 Å². The Bertz CT molecular complexity index is 741. The number of urea groups is 1. The van der Waals surface area contributed by atoms with E-state index in [1.807, 2.05) is 35.2 Å². The standard InChI is InChI=1S/C19H24N4O4/c1-13(2)23-18(26)17(25)22(19(23)27)12-21-10-8-14(9-11-21)16(24)20-15-6-4-3-5-7-15/h3-7,13-14H,8-12H2,1-2H3,(H,20,24). The molecule has 1 N–H and O–H groups in total. The molecule has 1 aromatic carbocycles. The number of nitrogens with zero attached hydrogens (tertiary/aromatic N) is 3. The molecule has 2 saturated heterocycles. The lowest BCUT2D eigenvalue weighted by atomic mass is 9.96. The van der Waals surface area contributed by atoms with Gasteiger partial charge in [0.25, 0.3) is 0 Å². The fourth-order valence-electron chi connectivity index (χ4n) is 3.40. The Morgan fingerprint density at radius 1 is 1.07 bits per heavy atom. The Morgan fingerprint density at radius 2 is 1.70 bits per heavy atom. The van der Waals surface area contributed by atoms with Gasteiger partial charge in [-0.15, -0.1) is 0 Å². The van der Waals surface area contributed by atoms with Crippen LogP contribution < -0.4 is 5.32 Å². The number of benzene rings is 1. The van der Waals surface area contributed by atoms with Crippen LogP contribution >= 0.6 is 0 Å². The number of anilines is 1. The molecule has 0 aromatic heterocycles. The molecule has 1 aromatic rings. The van der Waals surface area contributed by atoms with Crippen molar-refractivity contribution in [2.45, 2.75) is 32.7 Å². The molecular formula is C19H24N4O4. The maximum atomic E-state index is 12.4. The summed E-state index contributed by atoms with van der Waals surface area (Å²) < 4.78 is 0. The minimum atomic E-state index is -0.780. The van der Waals surface area contributed by atoms with Gasteiger partial charge in [0.05, 0.1) is 6.67 Å². The van der Waals surface area contributed by atoms with Crippen LogP contribution in [0.5, 0.6) is 0 Å². The van der Waals surface area contributed by atoms with Crippen LogP contribution in [0.1, 0.15) is 26.7 Å². The number of carbonyl (C=O) groups is 4. The van der Waals surface area contributed by atoms with Crippen molar-refractivity contribution in [2.24, 2.45) is 5.92 Å². The molecule has 0 unspecified atom stereocenters. The molecule has 144 valence electrons. The van der Waals surface area contributed by atoms with Crippen LogP contribution in [0.4, 0.5) is 10.5 Å². The summed E-state index contributed by atoms with van der Waals surface area (Å²) in [5.74, 6) is -1.68. The lowest BCUT2D eigenvalue weighted by Gasteiger charge is -2.33. The molecule has 2 fully saturated rings. The summed E-state index contributed by atoms with van der Waals surface area (Å²) in [5, 5.41) is 2.91. The minimum absolute atomic E-state index is 0.0182. The average molecular weight is 372 g/mol. The second-order valence-corrected chi connectivity index (χ2v) is 7.17. The van der Waals surface area contributed by atoms with Gasteiger partial charge >= 0.3 is 17.8 Å². The number of nitrogens with one attached hydrogen (secondary N) is 1. The summed E-state index contributed by atoms with van der Waals surface area (Å²) in [6, 6.07) is 8.38. The first kappa shape index (κ1) is 19.0. The molecule has 0 saturated carbocycles. The van der Waals surface area contributed by atoms with Crippen molar-refractivity contribution >= 4 is 29.4 Å². The quantitative estimate of drug-likeness (QED) is 0.625. The fraction of sp³-hybridized carbons (Fsp3) is 0.474. The maximum Gasteiger partial charge on any atom is 0.335 e. The first-order chi connectivity index (χ1) is 12.9. The van der Waals surface area contributed by atoms with E-state index < -0.39 is 17.8 Å². The number of imide groups is 2. The molecule has 0 radical (unpaired) electrons. The third-order valence-corrected chi connectivity index (χ3v) is 4.94. The Kier molecular flexibility index (Phi) is 5.55. The minimum Gasteiger partial charge on any atom is -0.326 e. The second kappa shape index (κ2) is 7.87. The smallest absolute Gasteiger partial charge is 0.326 e. The van der Waals surface area contributed by atoms with Gasteiger partial charge in [-0.2, -0.15) is 0 Å². The summed E-state index contributed by atoms with van der Waals surface area (Å²) in [6.07, 6.45) is 1.27. The molecule has 2 heterocycles. The zero-order valence-corrected chi connectivity index (χ0v) is 15.6. The predicted molar refractivity (Wildman–Crippen MR) is 98.5 cm³/mol. The van der Waals surface area contributed by atoms with Gasteiger partial charge in [-0.3, -0.25) is 24.2 Å². The van der Waals surface area contributed by atoms with Crippen molar-refractivity contribution < 1.29 is 19.2 Å². The van der Waals surface area contributed by atoms with E-state index in [-0.39, 0.29) is 24.5 Å². The van der Waals surface area contributed by atoms with Crippen molar-refractivity contribution in [1.29, 1.82) is 0 Å². The number of para-hydroxylation sites is 1. The molecular weight excluding hydrogens is 348 g/mol. The highest BCUT2D eigenvalue weighted by Gasteiger charge is 2.46. The van der Waals surface area contributed by atoms with E-state index in [9.17, 15) is 19.2 Å². The van der Waals surface area contributed by atoms with Crippen molar-refractivity contribution in [1.82, 2.24) is 14.7 Å². The Balaban J connectivity index is 1.52. The molecule has 0 aliphatic carbocycles. The number of hydrogen-bond donors (Lipinski definition) is 1. The van der Waals surface area contributed by atoms with Gasteiger partial charge in [0, 0.05) is 30.7 Å². The number of likely N-dealkylation sites (tertiary alicyclic amines) is 1. The molecule has 0 spiro atoms. The summed E-state index contributed by atoms with van der Waals surface area (Å²) in [4.78, 5) is 52.7. The van der Waals surface area contributed by atoms with Crippen molar-refractivity contribution in [3.05, 3.63) is 30.3 Å². The molecule has 0 atom stereocenters. The summed E-state index contributed by atoms with van der Waals surface area (Å²) in [7, 11) is 0. The molecule has 2 aliphatic rings. The van der Waals surface area contributed by atoms with Gasteiger partial charge < -0.3 is 5.32 Å². The summed E-state index contributed by atoms with van der Waals surface area (Å²) >= 11 is 0. The molecule has 3 rings (SSSR count). The van der Waals surface area contributed by atoms with Crippen LogP contribution in [0.25, 0.3) is 0 Å².